The van der Waals surface area contributed by atoms with Gasteiger partial charge in [0.05, 0.1) is 23.3 Å². The zero-order valence-electron chi connectivity index (χ0n) is 13.4. The first-order valence-electron chi connectivity index (χ1n) is 7.63. The fraction of sp³-hybridized carbons (Fsp3) is 0.167. The number of nitrogens with zero attached hydrogens (tertiary/aromatic N) is 2. The summed E-state index contributed by atoms with van der Waals surface area (Å²) in [5.41, 5.74) is 1.10. The van der Waals surface area contributed by atoms with Gasteiger partial charge in [-0.15, -0.1) is 0 Å². The van der Waals surface area contributed by atoms with Crippen LogP contribution in [-0.4, -0.2) is 15.5 Å². The van der Waals surface area contributed by atoms with Crippen molar-refractivity contribution in [2.24, 2.45) is 0 Å². The van der Waals surface area contributed by atoms with Crippen LogP contribution in [0, 0.1) is 0 Å². The maximum atomic E-state index is 12.5. The number of rotatable bonds is 4. The first-order chi connectivity index (χ1) is 11.9. The smallest absolute Gasteiger partial charge is 0.261 e. The van der Waals surface area contributed by atoms with Crippen LogP contribution in [0.15, 0.2) is 53.6 Å². The van der Waals surface area contributed by atoms with Crippen LogP contribution in [0.5, 0.6) is 0 Å². The van der Waals surface area contributed by atoms with Gasteiger partial charge in [-0.1, -0.05) is 35.3 Å². The molecule has 0 bridgehead atoms. The van der Waals surface area contributed by atoms with Gasteiger partial charge in [-0.25, -0.2) is 4.98 Å². The van der Waals surface area contributed by atoms with Gasteiger partial charge in [-0.3, -0.25) is 14.2 Å². The molecule has 3 rings (SSSR count). The average Bonchev–Trinajstić information content (AvgIpc) is 2.57. The van der Waals surface area contributed by atoms with Crippen LogP contribution in [0.1, 0.15) is 18.5 Å². The Hall–Kier alpha value is -2.37. The monoisotopic (exact) mass is 375 g/mol. The van der Waals surface area contributed by atoms with Gasteiger partial charge in [-0.05, 0) is 42.8 Å². The van der Waals surface area contributed by atoms with E-state index < -0.39 is 0 Å². The lowest BCUT2D eigenvalue weighted by molar-refractivity contribution is -0.122. The van der Waals surface area contributed by atoms with Crippen LogP contribution in [0.2, 0.25) is 10.0 Å². The lowest BCUT2D eigenvalue weighted by Gasteiger charge is -2.15. The predicted molar refractivity (Wildman–Crippen MR) is 99.0 cm³/mol. The molecule has 1 heterocycles. The van der Waals surface area contributed by atoms with E-state index in [0.29, 0.717) is 20.9 Å². The molecule has 1 amide bonds. The van der Waals surface area contributed by atoms with Crippen molar-refractivity contribution in [1.82, 2.24) is 14.9 Å². The second-order valence-corrected chi connectivity index (χ2v) is 6.56. The molecule has 0 saturated heterocycles. The van der Waals surface area contributed by atoms with Gasteiger partial charge in [-0.2, -0.15) is 0 Å². The maximum absolute atomic E-state index is 12.5. The van der Waals surface area contributed by atoms with Crippen molar-refractivity contribution >= 4 is 40.0 Å². The second kappa shape index (κ2) is 7.25. The quantitative estimate of drug-likeness (QED) is 0.757. The first kappa shape index (κ1) is 17.5. The van der Waals surface area contributed by atoms with Crippen LogP contribution in [0.25, 0.3) is 10.9 Å². The molecule has 1 N–H and O–H groups in total. The minimum Gasteiger partial charge on any atom is -0.348 e. The molecule has 1 unspecified atom stereocenters. The van der Waals surface area contributed by atoms with E-state index in [1.807, 2.05) is 19.1 Å². The zero-order chi connectivity index (χ0) is 18.0. The largest absolute Gasteiger partial charge is 0.348 e. The Bertz CT molecular complexity index is 1000. The van der Waals surface area contributed by atoms with Crippen molar-refractivity contribution in [3.63, 3.8) is 0 Å². The lowest BCUT2D eigenvalue weighted by Crippen LogP contribution is -2.34. The number of carbonyl (C=O) groups excluding carboxylic acids is 1. The Labute approximate surface area is 154 Å². The molecule has 0 aliphatic rings. The minimum atomic E-state index is -0.287. The summed E-state index contributed by atoms with van der Waals surface area (Å²) in [5, 5.41) is 4.38. The van der Waals surface area contributed by atoms with Crippen molar-refractivity contribution in [2.45, 2.75) is 19.5 Å². The average molecular weight is 376 g/mol. The van der Waals surface area contributed by atoms with Crippen molar-refractivity contribution in [3.8, 4) is 0 Å². The third-order valence-electron chi connectivity index (χ3n) is 3.83. The Morgan fingerprint density at radius 3 is 2.72 bits per heavy atom. The van der Waals surface area contributed by atoms with E-state index in [4.69, 9.17) is 23.2 Å². The molecule has 1 atom stereocenters. The van der Waals surface area contributed by atoms with Crippen LogP contribution < -0.4 is 10.9 Å². The molecule has 5 nitrogen and oxygen atoms in total. The second-order valence-electron chi connectivity index (χ2n) is 5.68. The third kappa shape index (κ3) is 4.00. The van der Waals surface area contributed by atoms with Crippen LogP contribution in [0.3, 0.4) is 0 Å². The number of aromatic nitrogens is 2. The molecule has 3 aromatic rings. The molecule has 0 saturated carbocycles. The molecular weight excluding hydrogens is 361 g/mol. The van der Waals surface area contributed by atoms with E-state index in [9.17, 15) is 9.59 Å². The van der Waals surface area contributed by atoms with Gasteiger partial charge < -0.3 is 5.32 Å². The van der Waals surface area contributed by atoms with Gasteiger partial charge >= 0.3 is 0 Å². The summed E-state index contributed by atoms with van der Waals surface area (Å²) in [6.07, 6.45) is 1.35. The molecule has 128 valence electrons. The molecule has 0 fully saturated rings. The highest BCUT2D eigenvalue weighted by Gasteiger charge is 2.12. The summed E-state index contributed by atoms with van der Waals surface area (Å²) >= 11 is 11.9. The number of hydrogen-bond acceptors (Lipinski definition) is 3. The molecule has 7 heteroatoms. The maximum Gasteiger partial charge on any atom is 0.261 e. The van der Waals surface area contributed by atoms with Crippen LogP contribution in [-0.2, 0) is 11.3 Å². The molecule has 2 aromatic carbocycles. The third-order valence-corrected chi connectivity index (χ3v) is 4.30. The number of benzene rings is 2. The predicted octanol–water partition coefficient (Wildman–Crippen LogP) is 3.58. The molecule has 0 aliphatic heterocycles. The highest BCUT2D eigenvalue weighted by Crippen LogP contribution is 2.17. The number of hydrogen-bond donors (Lipinski definition) is 1. The van der Waals surface area contributed by atoms with E-state index in [-0.39, 0.29) is 24.1 Å². The Kier molecular flexibility index (Phi) is 5.06. The summed E-state index contributed by atoms with van der Waals surface area (Å²) in [6.45, 7) is 1.74. The van der Waals surface area contributed by atoms with Crippen molar-refractivity contribution < 1.29 is 4.79 Å². The highest BCUT2D eigenvalue weighted by molar-refractivity contribution is 6.31. The minimum absolute atomic E-state index is 0.116. The van der Waals surface area contributed by atoms with E-state index in [0.717, 1.165) is 5.56 Å². The Morgan fingerprint density at radius 1 is 1.20 bits per heavy atom. The number of fused-ring (bicyclic) bond motifs is 1. The molecule has 25 heavy (non-hydrogen) atoms. The first-order valence-corrected chi connectivity index (χ1v) is 8.39. The van der Waals surface area contributed by atoms with Crippen LogP contribution >= 0.6 is 23.2 Å². The number of halogens is 2. The molecule has 1 aromatic heterocycles. The van der Waals surface area contributed by atoms with Gasteiger partial charge in [0.1, 0.15) is 6.54 Å². The van der Waals surface area contributed by atoms with Crippen molar-refractivity contribution in [3.05, 3.63) is 74.8 Å². The van der Waals surface area contributed by atoms with E-state index in [1.165, 1.54) is 10.9 Å². The number of carbonyl (C=O) groups is 1. The fourth-order valence-electron chi connectivity index (χ4n) is 2.55. The summed E-state index contributed by atoms with van der Waals surface area (Å²) in [6, 6.07) is 11.9. The van der Waals surface area contributed by atoms with Crippen LogP contribution in [0.4, 0.5) is 0 Å². The topological polar surface area (TPSA) is 64.0 Å². The van der Waals surface area contributed by atoms with E-state index in [1.54, 1.807) is 30.3 Å². The lowest BCUT2D eigenvalue weighted by atomic mass is 10.1. The zero-order valence-corrected chi connectivity index (χ0v) is 14.9. The fourth-order valence-corrected chi connectivity index (χ4v) is 2.91. The summed E-state index contributed by atoms with van der Waals surface area (Å²) < 4.78 is 1.27. The van der Waals surface area contributed by atoms with Gasteiger partial charge in [0, 0.05) is 10.0 Å². The molecule has 0 aliphatic carbocycles. The normalized spacial score (nSPS) is 12.1. The Balaban J connectivity index is 1.77. The molecule has 0 radical (unpaired) electrons. The van der Waals surface area contributed by atoms with E-state index >= 15 is 0 Å². The molecule has 0 spiro atoms. The standard InChI is InChI=1S/C18H15Cl2N3O2/c1-11(12-3-2-4-13(19)7-12)22-17(24)9-23-10-21-16-8-14(20)5-6-15(16)18(23)25/h2-8,10-11H,9H2,1H3,(H,22,24). The van der Waals surface area contributed by atoms with Gasteiger partial charge in [0.2, 0.25) is 5.91 Å². The van der Waals surface area contributed by atoms with Gasteiger partial charge in [0.15, 0.2) is 0 Å². The summed E-state index contributed by atoms with van der Waals surface area (Å²) in [7, 11) is 0. The highest BCUT2D eigenvalue weighted by atomic mass is 35.5. The Morgan fingerprint density at radius 2 is 1.96 bits per heavy atom. The summed E-state index contributed by atoms with van der Waals surface area (Å²) in [5.74, 6) is -0.287. The number of amides is 1. The molecular formula is C18H15Cl2N3O2. The van der Waals surface area contributed by atoms with Gasteiger partial charge in [0.25, 0.3) is 5.56 Å². The summed E-state index contributed by atoms with van der Waals surface area (Å²) in [4.78, 5) is 28.9. The van der Waals surface area contributed by atoms with E-state index in [2.05, 4.69) is 10.3 Å². The van der Waals surface area contributed by atoms with Crippen molar-refractivity contribution in [2.75, 3.05) is 0 Å². The van der Waals surface area contributed by atoms with Crippen molar-refractivity contribution in [1.29, 1.82) is 0 Å². The number of nitrogens with one attached hydrogen (secondary N) is 1. The SMILES string of the molecule is CC(NC(=O)Cn1cnc2cc(Cl)ccc2c1=O)c1cccc(Cl)c1.